The van der Waals surface area contributed by atoms with Crippen molar-refractivity contribution >= 4 is 34.2 Å². The number of hydrogen-bond acceptors (Lipinski definition) is 5. The number of ether oxygens (including phenoxy) is 1. The molecule has 1 unspecified atom stereocenters. The standard InChI is InChI=1S/C24H33N3O4S/c1-23(2,3)31-22(30)25-15-6-7-17-16(12-15)18(20(32-17)26-19(28)14-4-5-14)21(29)27-11-10-24(13-27)8-9-24/h14-15H,4-13H2,1-3H3,(H,25,30)(H,26,28). The maximum Gasteiger partial charge on any atom is 0.407 e. The van der Waals surface area contributed by atoms with Gasteiger partial charge >= 0.3 is 6.09 Å². The fourth-order valence-corrected chi connectivity index (χ4v) is 6.15. The van der Waals surface area contributed by atoms with E-state index in [1.165, 1.54) is 12.8 Å². The van der Waals surface area contributed by atoms with Crippen LogP contribution < -0.4 is 10.6 Å². The Morgan fingerprint density at radius 3 is 2.50 bits per heavy atom. The average molecular weight is 460 g/mol. The van der Waals surface area contributed by atoms with Crippen molar-refractivity contribution in [3.8, 4) is 0 Å². The second-order valence-corrected chi connectivity index (χ2v) is 12.1. The minimum absolute atomic E-state index is 0.0289. The number of likely N-dealkylation sites (tertiary alicyclic amines) is 1. The molecule has 1 atom stereocenters. The first-order valence-corrected chi connectivity index (χ1v) is 12.7. The minimum atomic E-state index is -0.553. The second kappa shape index (κ2) is 7.75. The highest BCUT2D eigenvalue weighted by molar-refractivity contribution is 7.17. The summed E-state index contributed by atoms with van der Waals surface area (Å²) in [6, 6.07) is -0.0844. The molecule has 3 fully saturated rings. The molecule has 2 saturated carbocycles. The van der Waals surface area contributed by atoms with Crippen molar-refractivity contribution in [1.29, 1.82) is 0 Å². The number of nitrogens with one attached hydrogen (secondary N) is 2. The average Bonchev–Trinajstić information content (AvgIpc) is 3.59. The molecule has 1 aromatic rings. The molecule has 0 bridgehead atoms. The van der Waals surface area contributed by atoms with Crippen LogP contribution in [-0.2, 0) is 22.4 Å². The van der Waals surface area contributed by atoms with Gasteiger partial charge in [-0.25, -0.2) is 4.79 Å². The third kappa shape index (κ3) is 4.51. The number of rotatable bonds is 4. The van der Waals surface area contributed by atoms with Crippen LogP contribution in [0.15, 0.2) is 0 Å². The molecule has 0 aromatic carbocycles. The van der Waals surface area contributed by atoms with Crippen LogP contribution in [0.2, 0.25) is 0 Å². The maximum atomic E-state index is 13.7. The summed E-state index contributed by atoms with van der Waals surface area (Å²) in [6.45, 7) is 7.15. The van der Waals surface area contributed by atoms with E-state index in [1.807, 2.05) is 25.7 Å². The van der Waals surface area contributed by atoms with Crippen molar-refractivity contribution in [2.75, 3.05) is 18.4 Å². The number of alkyl carbamates (subject to hydrolysis) is 1. The predicted molar refractivity (Wildman–Crippen MR) is 123 cm³/mol. The van der Waals surface area contributed by atoms with Gasteiger partial charge < -0.3 is 20.3 Å². The summed E-state index contributed by atoms with van der Waals surface area (Å²) in [5.41, 5.74) is 1.45. The van der Waals surface area contributed by atoms with Crippen LogP contribution in [0.25, 0.3) is 0 Å². The topological polar surface area (TPSA) is 87.7 Å². The number of hydrogen-bond donors (Lipinski definition) is 2. The van der Waals surface area contributed by atoms with Gasteiger partial charge in [-0.2, -0.15) is 0 Å². The second-order valence-electron chi connectivity index (χ2n) is 11.0. The first-order valence-electron chi connectivity index (χ1n) is 11.9. The Labute approximate surface area is 193 Å². The van der Waals surface area contributed by atoms with Gasteiger partial charge in [-0.3, -0.25) is 9.59 Å². The number of amides is 3. The predicted octanol–water partition coefficient (Wildman–Crippen LogP) is 4.10. The van der Waals surface area contributed by atoms with E-state index in [1.54, 1.807) is 11.3 Å². The van der Waals surface area contributed by atoms with E-state index in [2.05, 4.69) is 10.6 Å². The van der Waals surface area contributed by atoms with Crippen LogP contribution in [-0.4, -0.2) is 47.5 Å². The maximum absolute atomic E-state index is 13.7. The van der Waals surface area contributed by atoms with Crippen LogP contribution in [0.1, 0.15) is 80.1 Å². The zero-order valence-electron chi connectivity index (χ0n) is 19.2. The smallest absolute Gasteiger partial charge is 0.407 e. The Morgan fingerprint density at radius 1 is 1.12 bits per heavy atom. The Hall–Kier alpha value is -2.09. The van der Waals surface area contributed by atoms with Gasteiger partial charge in [0.15, 0.2) is 0 Å². The molecule has 1 aromatic heterocycles. The highest BCUT2D eigenvalue weighted by Gasteiger charge is 2.49. The summed E-state index contributed by atoms with van der Waals surface area (Å²) in [5, 5.41) is 6.76. The van der Waals surface area contributed by atoms with Gasteiger partial charge in [0.1, 0.15) is 10.6 Å². The normalized spacial score (nSPS) is 23.6. The summed E-state index contributed by atoms with van der Waals surface area (Å²) < 4.78 is 5.43. The Morgan fingerprint density at radius 2 is 1.88 bits per heavy atom. The quantitative estimate of drug-likeness (QED) is 0.709. The molecule has 0 radical (unpaired) electrons. The van der Waals surface area contributed by atoms with Gasteiger partial charge in [-0.15, -0.1) is 11.3 Å². The zero-order valence-corrected chi connectivity index (χ0v) is 20.0. The Kier molecular flexibility index (Phi) is 5.26. The molecule has 2 N–H and O–H groups in total. The van der Waals surface area contributed by atoms with Crippen LogP contribution >= 0.6 is 11.3 Å². The third-order valence-corrected chi connectivity index (χ3v) is 8.27. The molecule has 5 rings (SSSR count). The summed E-state index contributed by atoms with van der Waals surface area (Å²) in [7, 11) is 0. The third-order valence-electron chi connectivity index (χ3n) is 7.06. The lowest BCUT2D eigenvalue weighted by atomic mass is 9.91. The molecular formula is C24H33N3O4S. The van der Waals surface area contributed by atoms with Crippen molar-refractivity contribution in [1.82, 2.24) is 10.2 Å². The van der Waals surface area contributed by atoms with Gasteiger partial charge in [0.05, 0.1) is 5.56 Å². The van der Waals surface area contributed by atoms with Crippen LogP contribution in [0, 0.1) is 11.3 Å². The van der Waals surface area contributed by atoms with E-state index in [-0.39, 0.29) is 23.8 Å². The molecule has 1 saturated heterocycles. The molecule has 8 heteroatoms. The SMILES string of the molecule is CC(C)(C)OC(=O)NC1CCc2sc(NC(=O)C3CC3)c(C(=O)N3CCC4(CC4)C3)c2C1. The molecule has 174 valence electrons. The number of thiophene rings is 1. The van der Waals surface area contributed by atoms with E-state index in [0.29, 0.717) is 22.4 Å². The molecule has 4 aliphatic rings. The van der Waals surface area contributed by atoms with E-state index in [0.717, 1.165) is 55.6 Å². The lowest BCUT2D eigenvalue weighted by Crippen LogP contribution is -2.42. The van der Waals surface area contributed by atoms with E-state index >= 15 is 0 Å². The van der Waals surface area contributed by atoms with Gasteiger partial charge in [0.2, 0.25) is 5.91 Å². The number of fused-ring (bicyclic) bond motifs is 1. The molecule has 3 amide bonds. The Bertz CT molecular complexity index is 955. The number of carbonyl (C=O) groups is 3. The fraction of sp³-hybridized carbons (Fsp3) is 0.708. The summed E-state index contributed by atoms with van der Waals surface area (Å²) in [6.07, 6.45) is 7.10. The van der Waals surface area contributed by atoms with E-state index < -0.39 is 11.7 Å². The van der Waals surface area contributed by atoms with Crippen LogP contribution in [0.3, 0.4) is 0 Å². The molecule has 32 heavy (non-hydrogen) atoms. The number of nitrogens with zero attached hydrogens (tertiary/aromatic N) is 1. The highest BCUT2D eigenvalue weighted by atomic mass is 32.1. The summed E-state index contributed by atoms with van der Waals surface area (Å²) in [4.78, 5) is 41.7. The van der Waals surface area contributed by atoms with E-state index in [9.17, 15) is 14.4 Å². The van der Waals surface area contributed by atoms with Gasteiger partial charge in [0, 0.05) is 29.9 Å². The molecule has 7 nitrogen and oxygen atoms in total. The molecule has 2 heterocycles. The fourth-order valence-electron chi connectivity index (χ4n) is 4.91. The molecule has 1 spiro atoms. The molecular weight excluding hydrogens is 426 g/mol. The van der Waals surface area contributed by atoms with Crippen molar-refractivity contribution in [3.63, 3.8) is 0 Å². The van der Waals surface area contributed by atoms with E-state index in [4.69, 9.17) is 4.74 Å². The van der Waals surface area contributed by atoms with Crippen molar-refractivity contribution < 1.29 is 19.1 Å². The van der Waals surface area contributed by atoms with Gasteiger partial charge in [0.25, 0.3) is 5.91 Å². The molecule has 1 aliphatic heterocycles. The van der Waals surface area contributed by atoms with Gasteiger partial charge in [-0.05, 0) is 83.1 Å². The largest absolute Gasteiger partial charge is 0.444 e. The molecule has 3 aliphatic carbocycles. The number of anilines is 1. The highest BCUT2D eigenvalue weighted by Crippen LogP contribution is 2.53. The van der Waals surface area contributed by atoms with Gasteiger partial charge in [-0.1, -0.05) is 0 Å². The van der Waals surface area contributed by atoms with Crippen molar-refractivity contribution in [3.05, 3.63) is 16.0 Å². The zero-order chi connectivity index (χ0) is 22.7. The first-order chi connectivity index (χ1) is 15.1. The lowest BCUT2D eigenvalue weighted by molar-refractivity contribution is -0.117. The lowest BCUT2D eigenvalue weighted by Gasteiger charge is -2.27. The number of aryl methyl sites for hydroxylation is 1. The Balaban J connectivity index is 1.38. The van der Waals surface area contributed by atoms with Crippen LogP contribution in [0.5, 0.6) is 0 Å². The number of carbonyl (C=O) groups excluding carboxylic acids is 3. The van der Waals surface area contributed by atoms with Crippen molar-refractivity contribution in [2.45, 2.75) is 83.8 Å². The van der Waals surface area contributed by atoms with Crippen molar-refractivity contribution in [2.24, 2.45) is 11.3 Å². The minimum Gasteiger partial charge on any atom is -0.444 e. The summed E-state index contributed by atoms with van der Waals surface area (Å²) >= 11 is 1.55. The first kappa shape index (κ1) is 21.7. The summed E-state index contributed by atoms with van der Waals surface area (Å²) in [5.74, 6) is 0.150. The van der Waals surface area contributed by atoms with Crippen LogP contribution in [0.4, 0.5) is 9.80 Å². The monoisotopic (exact) mass is 459 g/mol.